The molecule has 3 N–H and O–H groups in total. The number of nitrogens with two attached hydrogens (primary N) is 1. The van der Waals surface area contributed by atoms with Crippen LogP contribution in [-0.4, -0.2) is 25.9 Å². The number of ether oxygens (including phenoxy) is 3. The monoisotopic (exact) mass is 266 g/mol. The predicted octanol–water partition coefficient (Wildman–Crippen LogP) is 0.779. The van der Waals surface area contributed by atoms with Gasteiger partial charge in [-0.15, -0.1) is 0 Å². The minimum Gasteiger partial charge on any atom is -0.483 e. The Bertz CT molecular complexity index is 462. The molecule has 1 amide bonds. The smallest absolute Gasteiger partial charge is 0.255 e. The summed E-state index contributed by atoms with van der Waals surface area (Å²) in [6, 6.07) is 3.59. The quantitative estimate of drug-likeness (QED) is 0.713. The molecule has 0 aliphatic carbocycles. The van der Waals surface area contributed by atoms with Gasteiger partial charge in [0, 0.05) is 18.2 Å². The zero-order chi connectivity index (χ0) is 13.7. The van der Waals surface area contributed by atoms with Crippen LogP contribution in [0.4, 0.5) is 0 Å². The van der Waals surface area contributed by atoms with Crippen LogP contribution in [0.3, 0.4) is 0 Å². The van der Waals surface area contributed by atoms with Gasteiger partial charge in [-0.1, -0.05) is 6.92 Å². The Morgan fingerprint density at radius 3 is 2.84 bits per heavy atom. The highest BCUT2D eigenvalue weighted by Crippen LogP contribution is 2.38. The molecule has 0 radical (unpaired) electrons. The molecule has 0 fully saturated rings. The SMILES string of the molecule is CCCNCc1cc2c(cc1OCC(N)=O)OCO2. The summed E-state index contributed by atoms with van der Waals surface area (Å²) in [6.45, 7) is 3.69. The van der Waals surface area contributed by atoms with Gasteiger partial charge in [-0.3, -0.25) is 4.79 Å². The first kappa shape index (κ1) is 13.5. The van der Waals surface area contributed by atoms with Crippen molar-refractivity contribution in [3.63, 3.8) is 0 Å². The number of rotatable bonds is 7. The molecule has 1 heterocycles. The molecule has 104 valence electrons. The van der Waals surface area contributed by atoms with E-state index >= 15 is 0 Å². The lowest BCUT2D eigenvalue weighted by Gasteiger charge is -2.12. The molecule has 0 bridgehead atoms. The number of carbonyl (C=O) groups excluding carboxylic acids is 1. The van der Waals surface area contributed by atoms with E-state index in [1.165, 1.54) is 0 Å². The van der Waals surface area contributed by atoms with Crippen molar-refractivity contribution in [1.82, 2.24) is 5.32 Å². The van der Waals surface area contributed by atoms with Crippen molar-refractivity contribution in [2.45, 2.75) is 19.9 Å². The van der Waals surface area contributed by atoms with Gasteiger partial charge in [-0.05, 0) is 19.0 Å². The van der Waals surface area contributed by atoms with E-state index in [1.807, 2.05) is 6.07 Å². The van der Waals surface area contributed by atoms with Crippen LogP contribution in [-0.2, 0) is 11.3 Å². The van der Waals surface area contributed by atoms with E-state index in [0.717, 1.165) is 18.5 Å². The Morgan fingerprint density at radius 1 is 1.42 bits per heavy atom. The Balaban J connectivity index is 2.14. The third-order valence-electron chi connectivity index (χ3n) is 2.67. The number of carbonyl (C=O) groups is 1. The molecule has 2 rings (SSSR count). The highest BCUT2D eigenvalue weighted by molar-refractivity contribution is 5.75. The van der Waals surface area contributed by atoms with Crippen LogP contribution in [0, 0.1) is 0 Å². The average molecular weight is 266 g/mol. The first-order valence-electron chi connectivity index (χ1n) is 6.25. The van der Waals surface area contributed by atoms with Crippen molar-refractivity contribution in [3.05, 3.63) is 17.7 Å². The van der Waals surface area contributed by atoms with Gasteiger partial charge in [-0.25, -0.2) is 0 Å². The lowest BCUT2D eigenvalue weighted by atomic mass is 10.1. The lowest BCUT2D eigenvalue weighted by molar-refractivity contribution is -0.119. The van der Waals surface area contributed by atoms with Gasteiger partial charge in [0.1, 0.15) is 5.75 Å². The number of primary amides is 1. The standard InChI is InChI=1S/C13H18N2O4/c1-2-3-15-6-9-4-11-12(19-8-18-11)5-10(9)17-7-13(14)16/h4-5,15H,2-3,6-8H2,1H3,(H2,14,16). The van der Waals surface area contributed by atoms with Crippen LogP contribution in [0.15, 0.2) is 12.1 Å². The molecule has 1 aliphatic heterocycles. The van der Waals surface area contributed by atoms with Gasteiger partial charge in [0.05, 0.1) is 0 Å². The summed E-state index contributed by atoms with van der Waals surface area (Å²) < 4.78 is 16.0. The summed E-state index contributed by atoms with van der Waals surface area (Å²) in [4.78, 5) is 10.8. The topological polar surface area (TPSA) is 82.8 Å². The van der Waals surface area contributed by atoms with Gasteiger partial charge in [0.25, 0.3) is 5.91 Å². The number of fused-ring (bicyclic) bond motifs is 1. The highest BCUT2D eigenvalue weighted by Gasteiger charge is 2.18. The van der Waals surface area contributed by atoms with Gasteiger partial charge in [0.2, 0.25) is 6.79 Å². The van der Waals surface area contributed by atoms with Gasteiger partial charge in [0.15, 0.2) is 18.1 Å². The fraction of sp³-hybridized carbons (Fsp3) is 0.462. The van der Waals surface area contributed by atoms with Crippen LogP contribution < -0.4 is 25.3 Å². The van der Waals surface area contributed by atoms with Crippen LogP contribution in [0.2, 0.25) is 0 Å². The first-order valence-corrected chi connectivity index (χ1v) is 6.25. The maximum absolute atomic E-state index is 10.8. The number of nitrogens with one attached hydrogen (secondary N) is 1. The summed E-state index contributed by atoms with van der Waals surface area (Å²) in [6.07, 6.45) is 1.04. The molecule has 0 saturated carbocycles. The van der Waals surface area contributed by atoms with E-state index in [9.17, 15) is 4.79 Å². The lowest BCUT2D eigenvalue weighted by Crippen LogP contribution is -2.21. The molecular formula is C13H18N2O4. The van der Waals surface area contributed by atoms with Gasteiger partial charge >= 0.3 is 0 Å². The van der Waals surface area contributed by atoms with Crippen LogP contribution in [0.5, 0.6) is 17.2 Å². The molecule has 0 spiro atoms. The van der Waals surface area contributed by atoms with Crippen molar-refractivity contribution in [2.24, 2.45) is 5.73 Å². The maximum Gasteiger partial charge on any atom is 0.255 e. The molecule has 6 nitrogen and oxygen atoms in total. The fourth-order valence-corrected chi connectivity index (χ4v) is 1.79. The number of hydrogen-bond acceptors (Lipinski definition) is 5. The molecule has 0 atom stereocenters. The number of amides is 1. The van der Waals surface area contributed by atoms with Gasteiger partial charge in [-0.2, -0.15) is 0 Å². The first-order chi connectivity index (χ1) is 9.20. The van der Waals surface area contributed by atoms with E-state index in [-0.39, 0.29) is 13.4 Å². The number of hydrogen-bond donors (Lipinski definition) is 2. The van der Waals surface area contributed by atoms with Crippen LogP contribution in [0.25, 0.3) is 0 Å². The van der Waals surface area contributed by atoms with Crippen molar-refractivity contribution < 1.29 is 19.0 Å². The predicted molar refractivity (Wildman–Crippen MR) is 69.3 cm³/mol. The molecule has 19 heavy (non-hydrogen) atoms. The molecule has 6 heteroatoms. The second kappa shape index (κ2) is 6.29. The third kappa shape index (κ3) is 3.51. The molecule has 1 aromatic carbocycles. The third-order valence-corrected chi connectivity index (χ3v) is 2.67. The summed E-state index contributed by atoms with van der Waals surface area (Å²) >= 11 is 0. The van der Waals surface area contributed by atoms with Crippen molar-refractivity contribution in [1.29, 1.82) is 0 Å². The van der Waals surface area contributed by atoms with Crippen molar-refractivity contribution >= 4 is 5.91 Å². The minimum atomic E-state index is -0.509. The molecular weight excluding hydrogens is 248 g/mol. The zero-order valence-corrected chi connectivity index (χ0v) is 10.9. The molecule has 0 aromatic heterocycles. The molecule has 0 saturated heterocycles. The van der Waals surface area contributed by atoms with E-state index in [4.69, 9.17) is 19.9 Å². The van der Waals surface area contributed by atoms with E-state index in [1.54, 1.807) is 6.07 Å². The summed E-state index contributed by atoms with van der Waals surface area (Å²) in [5.41, 5.74) is 6.01. The average Bonchev–Trinajstić information content (AvgIpc) is 2.83. The molecule has 1 aromatic rings. The van der Waals surface area contributed by atoms with Crippen molar-refractivity contribution in [2.75, 3.05) is 19.9 Å². The number of benzene rings is 1. The highest BCUT2D eigenvalue weighted by atomic mass is 16.7. The fourth-order valence-electron chi connectivity index (χ4n) is 1.79. The normalized spacial score (nSPS) is 12.5. The summed E-state index contributed by atoms with van der Waals surface area (Å²) in [5.74, 6) is 1.40. The minimum absolute atomic E-state index is 0.152. The van der Waals surface area contributed by atoms with Gasteiger partial charge < -0.3 is 25.3 Å². The summed E-state index contributed by atoms with van der Waals surface area (Å²) in [7, 11) is 0. The van der Waals surface area contributed by atoms with Crippen LogP contribution in [0.1, 0.15) is 18.9 Å². The Hall–Kier alpha value is -1.95. The van der Waals surface area contributed by atoms with Crippen molar-refractivity contribution in [3.8, 4) is 17.2 Å². The second-order valence-corrected chi connectivity index (χ2v) is 4.24. The second-order valence-electron chi connectivity index (χ2n) is 4.24. The Labute approximate surface area is 111 Å². The van der Waals surface area contributed by atoms with E-state index < -0.39 is 5.91 Å². The van der Waals surface area contributed by atoms with Crippen LogP contribution >= 0.6 is 0 Å². The Kier molecular flexibility index (Phi) is 4.46. The Morgan fingerprint density at radius 2 is 2.16 bits per heavy atom. The largest absolute Gasteiger partial charge is 0.483 e. The molecule has 0 unspecified atom stereocenters. The zero-order valence-electron chi connectivity index (χ0n) is 10.9. The summed E-state index contributed by atoms with van der Waals surface area (Å²) in [5, 5.41) is 3.28. The maximum atomic E-state index is 10.8. The van der Waals surface area contributed by atoms with E-state index in [0.29, 0.717) is 23.8 Å². The molecule has 1 aliphatic rings. The van der Waals surface area contributed by atoms with E-state index in [2.05, 4.69) is 12.2 Å².